The van der Waals surface area contributed by atoms with E-state index in [1.54, 1.807) is 12.6 Å². The maximum absolute atomic E-state index is 12.3. The molecule has 0 bridgehead atoms. The molecular formula is C29H53O2P. The van der Waals surface area contributed by atoms with Crippen LogP contribution in [0.2, 0.25) is 0 Å². The van der Waals surface area contributed by atoms with Crippen LogP contribution < -0.4 is 0 Å². The van der Waals surface area contributed by atoms with E-state index < -0.39 is 7.26 Å². The number of carbonyl (C=O) groups excluding carboxylic acids is 1. The molecular weight excluding hydrogens is 411 g/mol. The third kappa shape index (κ3) is 4.70. The van der Waals surface area contributed by atoms with Crippen molar-refractivity contribution < 1.29 is 9.53 Å². The predicted molar refractivity (Wildman–Crippen MR) is 140 cm³/mol. The quantitative estimate of drug-likeness (QED) is 0.269. The van der Waals surface area contributed by atoms with Crippen molar-refractivity contribution in [2.45, 2.75) is 122 Å². The van der Waals surface area contributed by atoms with Gasteiger partial charge in [0.1, 0.15) is 0 Å². The fourth-order valence-corrected chi connectivity index (χ4v) is 16.2. The predicted octanol–water partition coefficient (Wildman–Crippen LogP) is 7.92. The molecule has 8 atom stereocenters. The second-order valence-electron chi connectivity index (χ2n) is 13.2. The fourth-order valence-electron chi connectivity index (χ4n) is 9.47. The number of rotatable bonds is 8. The van der Waals surface area contributed by atoms with Crippen LogP contribution in [0.3, 0.4) is 0 Å². The van der Waals surface area contributed by atoms with Gasteiger partial charge in [-0.25, -0.2) is 0 Å². The van der Waals surface area contributed by atoms with E-state index in [1.165, 1.54) is 57.8 Å². The second-order valence-corrected chi connectivity index (χ2v) is 18.2. The summed E-state index contributed by atoms with van der Waals surface area (Å²) in [5.41, 5.74) is 2.69. The Labute approximate surface area is 199 Å². The molecule has 0 N–H and O–H groups in total. The molecule has 4 aliphatic rings. The van der Waals surface area contributed by atoms with Crippen LogP contribution in [0.25, 0.3) is 0 Å². The number of hydrogen-bond donors (Lipinski definition) is 0. The van der Waals surface area contributed by atoms with Crippen LogP contribution in [0.4, 0.5) is 0 Å². The fraction of sp³-hybridized carbons (Fsp3) is 0.966. The summed E-state index contributed by atoms with van der Waals surface area (Å²) in [5, 5.41) is 0. The van der Waals surface area contributed by atoms with Gasteiger partial charge in [0.25, 0.3) is 0 Å². The third-order valence-electron chi connectivity index (χ3n) is 11.7. The van der Waals surface area contributed by atoms with Crippen molar-refractivity contribution in [3.05, 3.63) is 0 Å². The Balaban J connectivity index is 1.33. The van der Waals surface area contributed by atoms with E-state index in [4.69, 9.17) is 4.74 Å². The summed E-state index contributed by atoms with van der Waals surface area (Å²) in [4.78, 5) is 12.3. The molecule has 3 heteroatoms. The molecule has 2 saturated heterocycles. The normalized spacial score (nSPS) is 41.0. The molecule has 2 saturated carbocycles. The number of carbonyl (C=O) groups is 1. The summed E-state index contributed by atoms with van der Waals surface area (Å²) < 4.78 is 5.56. The van der Waals surface area contributed by atoms with Gasteiger partial charge in [-0.2, -0.15) is 0 Å². The first kappa shape index (κ1) is 25.0. The van der Waals surface area contributed by atoms with Crippen molar-refractivity contribution in [2.75, 3.05) is 19.4 Å². The van der Waals surface area contributed by atoms with Gasteiger partial charge in [-0.15, -0.1) is 0 Å². The summed E-state index contributed by atoms with van der Waals surface area (Å²) in [5.74, 6) is 4.52. The van der Waals surface area contributed by atoms with Crippen molar-refractivity contribution in [3.8, 4) is 0 Å². The molecule has 186 valence electrons. The van der Waals surface area contributed by atoms with Crippen molar-refractivity contribution in [1.82, 2.24) is 0 Å². The molecule has 4 unspecified atom stereocenters. The van der Waals surface area contributed by atoms with Crippen LogP contribution in [0, 0.1) is 35.0 Å². The van der Waals surface area contributed by atoms with Gasteiger partial charge >= 0.3 is 200 Å². The number of esters is 1. The molecule has 4 rings (SSSR count). The standard InChI is InChI=1S/C29H53O2P/c1-6-21(2)16-19-31-28(30)15-10-22(3)26-13-14-27-24-12-11-23-9-7-8-18-29(23,4)25(24)17-20-32(26,27)5/h21-27,32H,6-20H2,1-5H3/t21?,22-,23-,24+,25?,26?,27?,29-/m0/s1. The summed E-state index contributed by atoms with van der Waals surface area (Å²) in [6.45, 7) is 13.0. The van der Waals surface area contributed by atoms with Gasteiger partial charge in [0.15, 0.2) is 0 Å². The summed E-state index contributed by atoms with van der Waals surface area (Å²) >= 11 is 0. The van der Waals surface area contributed by atoms with Crippen molar-refractivity contribution in [1.29, 1.82) is 0 Å². The Bertz CT molecular complexity index is 649. The zero-order chi connectivity index (χ0) is 22.9. The SMILES string of the molecule is CCC(C)CCOC(=O)CC[C@H](C)C1CCC2[C@@H]3CC[C@@H]4CCCC[C@]4(C)C3CC[PH]21C. The van der Waals surface area contributed by atoms with E-state index in [0.717, 1.165) is 41.9 Å². The molecule has 32 heavy (non-hydrogen) atoms. The van der Waals surface area contributed by atoms with Crippen LogP contribution in [0.1, 0.15) is 111 Å². The third-order valence-corrected chi connectivity index (χ3v) is 18.0. The Morgan fingerprint density at radius 3 is 2.66 bits per heavy atom. The van der Waals surface area contributed by atoms with E-state index in [0.29, 0.717) is 30.3 Å². The summed E-state index contributed by atoms with van der Waals surface area (Å²) in [6.07, 6.45) is 19.0. The molecule has 0 amide bonds. The van der Waals surface area contributed by atoms with Crippen LogP contribution >= 0.6 is 7.26 Å². The van der Waals surface area contributed by atoms with Gasteiger partial charge in [-0.1, -0.05) is 0 Å². The zero-order valence-electron chi connectivity index (χ0n) is 22.0. The Hall–Kier alpha value is -0.100. The minimum absolute atomic E-state index is 0.0498. The topological polar surface area (TPSA) is 26.3 Å². The maximum atomic E-state index is 12.3. The van der Waals surface area contributed by atoms with Crippen LogP contribution in [-0.4, -0.2) is 36.7 Å². The van der Waals surface area contributed by atoms with Crippen LogP contribution in [0.15, 0.2) is 0 Å². The van der Waals surface area contributed by atoms with E-state index in [-0.39, 0.29) is 5.97 Å². The van der Waals surface area contributed by atoms with Gasteiger partial charge < -0.3 is 0 Å². The van der Waals surface area contributed by atoms with E-state index in [2.05, 4.69) is 34.4 Å². The van der Waals surface area contributed by atoms with Crippen molar-refractivity contribution >= 4 is 13.2 Å². The van der Waals surface area contributed by atoms with Crippen LogP contribution in [-0.2, 0) is 9.53 Å². The Kier molecular flexibility index (Phi) is 8.01. The first-order chi connectivity index (χ1) is 15.3. The molecule has 2 aliphatic carbocycles. The summed E-state index contributed by atoms with van der Waals surface area (Å²) in [7, 11) is -1.26. The van der Waals surface area contributed by atoms with E-state index in [9.17, 15) is 4.79 Å². The second kappa shape index (κ2) is 10.3. The molecule has 4 fully saturated rings. The first-order valence-electron chi connectivity index (χ1n) is 14.4. The Morgan fingerprint density at radius 2 is 1.88 bits per heavy atom. The molecule has 0 aromatic rings. The van der Waals surface area contributed by atoms with Gasteiger partial charge in [-0.3, -0.25) is 0 Å². The monoisotopic (exact) mass is 464 g/mol. The molecule has 0 spiro atoms. The average molecular weight is 465 g/mol. The summed E-state index contributed by atoms with van der Waals surface area (Å²) in [6, 6.07) is 0. The van der Waals surface area contributed by atoms with E-state index >= 15 is 0 Å². The van der Waals surface area contributed by atoms with Crippen LogP contribution in [0.5, 0.6) is 0 Å². The van der Waals surface area contributed by atoms with Crippen molar-refractivity contribution in [2.24, 2.45) is 35.0 Å². The zero-order valence-corrected chi connectivity index (χ0v) is 23.0. The van der Waals surface area contributed by atoms with Gasteiger partial charge in [0, 0.05) is 0 Å². The number of ether oxygens (including phenoxy) is 1. The minimum atomic E-state index is -1.26. The molecule has 0 aromatic carbocycles. The molecule has 2 heterocycles. The molecule has 0 radical (unpaired) electrons. The van der Waals surface area contributed by atoms with E-state index in [1.807, 2.05) is 0 Å². The first-order valence-corrected chi connectivity index (χ1v) is 17.3. The van der Waals surface area contributed by atoms with Crippen molar-refractivity contribution in [3.63, 3.8) is 0 Å². The molecule has 2 aliphatic heterocycles. The number of fused-ring (bicyclic) bond motifs is 5. The Morgan fingerprint density at radius 1 is 1.06 bits per heavy atom. The molecule has 0 aromatic heterocycles. The molecule has 2 nitrogen and oxygen atoms in total. The average Bonchev–Trinajstić information content (AvgIpc) is 3.14. The van der Waals surface area contributed by atoms with Gasteiger partial charge in [-0.05, 0) is 0 Å². The van der Waals surface area contributed by atoms with Gasteiger partial charge in [0.2, 0.25) is 0 Å². The van der Waals surface area contributed by atoms with Gasteiger partial charge in [0.05, 0.1) is 0 Å². The number of hydrogen-bond acceptors (Lipinski definition) is 2.